The van der Waals surface area contributed by atoms with Gasteiger partial charge in [-0.25, -0.2) is 9.37 Å². The Hall–Kier alpha value is -4.10. The smallest absolute Gasteiger partial charge is 0.257 e. The molecule has 1 aliphatic heterocycles. The molecule has 9 nitrogen and oxygen atoms in total. The van der Waals surface area contributed by atoms with Gasteiger partial charge in [-0.15, -0.1) is 0 Å². The van der Waals surface area contributed by atoms with Gasteiger partial charge >= 0.3 is 0 Å². The SMILES string of the molecule is Cc1cn2cc(NC(=O)c3ccc(N4C[C@@H](C)N(CC5(C#N)CC5)[C@H](C)C4)c4nccnc34)cc(F)c2n1. The highest BCUT2D eigenvalue weighted by molar-refractivity contribution is 6.13. The van der Waals surface area contributed by atoms with Crippen LogP contribution in [0.3, 0.4) is 0 Å². The lowest BCUT2D eigenvalue weighted by molar-refractivity contribution is 0.102. The van der Waals surface area contributed by atoms with Crippen LogP contribution in [0, 0.1) is 29.5 Å². The third-order valence-electron chi connectivity index (χ3n) is 7.75. The molecule has 10 heteroatoms. The number of halogens is 1. The van der Waals surface area contributed by atoms with Crippen molar-refractivity contribution in [1.29, 1.82) is 5.26 Å². The normalized spacial score (nSPS) is 21.0. The minimum atomic E-state index is -0.513. The van der Waals surface area contributed by atoms with E-state index in [9.17, 15) is 14.4 Å². The molecule has 1 amide bonds. The van der Waals surface area contributed by atoms with Crippen LogP contribution in [0.25, 0.3) is 16.7 Å². The number of hydrogen-bond acceptors (Lipinski definition) is 7. The van der Waals surface area contributed by atoms with Crippen molar-refractivity contribution in [3.63, 3.8) is 0 Å². The molecule has 1 aliphatic carbocycles. The Kier molecular flexibility index (Phi) is 5.76. The van der Waals surface area contributed by atoms with Gasteiger partial charge in [0.15, 0.2) is 11.5 Å². The number of benzene rings is 1. The molecular weight excluding hydrogens is 483 g/mol. The molecule has 0 bridgehead atoms. The standard InChI is InChI=1S/C28H29FN8O/c1-17-11-36-14-20(10-22(29)26(36)33-17)34-27(38)21-4-5-23(25-24(21)31-8-9-32-25)35-12-18(2)37(19(3)13-35)16-28(15-30)6-7-28/h4-5,8-11,14,18-19H,6-7,12-13,16H2,1-3H3,(H,34,38)/t18-,19-/m1/s1. The highest BCUT2D eigenvalue weighted by Crippen LogP contribution is 2.46. The Morgan fingerprint density at radius 3 is 2.55 bits per heavy atom. The highest BCUT2D eigenvalue weighted by atomic mass is 19.1. The van der Waals surface area contributed by atoms with E-state index < -0.39 is 11.7 Å². The molecule has 194 valence electrons. The van der Waals surface area contributed by atoms with Gasteiger partial charge in [0.1, 0.15) is 11.0 Å². The maximum atomic E-state index is 14.5. The van der Waals surface area contributed by atoms with Crippen LogP contribution in [0.1, 0.15) is 42.7 Å². The van der Waals surface area contributed by atoms with Gasteiger partial charge in [0, 0.05) is 62.6 Å². The number of rotatable bonds is 5. The summed E-state index contributed by atoms with van der Waals surface area (Å²) in [6, 6.07) is 7.98. The maximum Gasteiger partial charge on any atom is 0.257 e. The average Bonchev–Trinajstić information content (AvgIpc) is 3.57. The molecule has 0 radical (unpaired) electrons. The zero-order chi connectivity index (χ0) is 26.6. The number of nitriles is 1. The van der Waals surface area contributed by atoms with Crippen molar-refractivity contribution in [2.24, 2.45) is 5.41 Å². The molecule has 6 rings (SSSR count). The van der Waals surface area contributed by atoms with Crippen molar-refractivity contribution in [1.82, 2.24) is 24.3 Å². The van der Waals surface area contributed by atoms with E-state index in [2.05, 4.69) is 50.0 Å². The third-order valence-corrected chi connectivity index (χ3v) is 7.75. The van der Waals surface area contributed by atoms with Gasteiger partial charge < -0.3 is 14.6 Å². The Bertz CT molecular complexity index is 1590. The quantitative estimate of drug-likeness (QED) is 0.428. The summed E-state index contributed by atoms with van der Waals surface area (Å²) in [7, 11) is 0. The van der Waals surface area contributed by atoms with Crippen molar-refractivity contribution < 1.29 is 9.18 Å². The number of imidazole rings is 1. The van der Waals surface area contributed by atoms with Crippen LogP contribution in [0.5, 0.6) is 0 Å². The van der Waals surface area contributed by atoms with Crippen LogP contribution in [0.15, 0.2) is 43.0 Å². The van der Waals surface area contributed by atoms with Crippen molar-refractivity contribution in [2.75, 3.05) is 29.9 Å². The van der Waals surface area contributed by atoms with E-state index in [4.69, 9.17) is 0 Å². The number of fused-ring (bicyclic) bond motifs is 2. The fraction of sp³-hybridized carbons (Fsp3) is 0.393. The molecule has 2 aliphatic rings. The molecule has 2 atom stereocenters. The van der Waals surface area contributed by atoms with Crippen molar-refractivity contribution >= 4 is 34.0 Å². The van der Waals surface area contributed by atoms with E-state index in [1.165, 1.54) is 6.07 Å². The largest absolute Gasteiger partial charge is 0.367 e. The number of nitrogens with one attached hydrogen (secondary N) is 1. The molecule has 4 aromatic rings. The second kappa shape index (κ2) is 9.03. The van der Waals surface area contributed by atoms with E-state index in [0.717, 1.165) is 38.2 Å². The summed E-state index contributed by atoms with van der Waals surface area (Å²) in [6.45, 7) is 8.56. The number of aryl methyl sites for hydroxylation is 1. The van der Waals surface area contributed by atoms with Gasteiger partial charge in [0.25, 0.3) is 5.91 Å². The van der Waals surface area contributed by atoms with E-state index >= 15 is 0 Å². The van der Waals surface area contributed by atoms with Gasteiger partial charge in [0.2, 0.25) is 0 Å². The number of anilines is 2. The molecule has 1 saturated heterocycles. The Balaban J connectivity index is 1.27. The van der Waals surface area contributed by atoms with E-state index in [1.807, 2.05) is 6.07 Å². The van der Waals surface area contributed by atoms with Gasteiger partial charge in [-0.05, 0) is 45.7 Å². The molecule has 3 aromatic heterocycles. The number of aromatic nitrogens is 4. The zero-order valence-electron chi connectivity index (χ0n) is 21.6. The number of piperazine rings is 1. The molecule has 0 unspecified atom stereocenters. The molecule has 1 N–H and O–H groups in total. The summed E-state index contributed by atoms with van der Waals surface area (Å²) in [6.07, 6.45) is 8.51. The van der Waals surface area contributed by atoms with Gasteiger partial charge in [-0.2, -0.15) is 5.26 Å². The Morgan fingerprint density at radius 2 is 1.87 bits per heavy atom. The third kappa shape index (κ3) is 4.23. The zero-order valence-corrected chi connectivity index (χ0v) is 21.6. The summed E-state index contributed by atoms with van der Waals surface area (Å²) < 4.78 is 16.1. The average molecular weight is 513 g/mol. The van der Waals surface area contributed by atoms with Crippen LogP contribution in [-0.4, -0.2) is 61.9 Å². The van der Waals surface area contributed by atoms with Crippen molar-refractivity contribution in [3.8, 4) is 6.07 Å². The molecular formula is C28H29FN8O. The van der Waals surface area contributed by atoms with Crippen LogP contribution in [-0.2, 0) is 0 Å². The summed E-state index contributed by atoms with van der Waals surface area (Å²) in [4.78, 5) is 31.3. The molecule has 4 heterocycles. The molecule has 1 saturated carbocycles. The molecule has 1 aromatic carbocycles. The minimum Gasteiger partial charge on any atom is -0.367 e. The number of pyridine rings is 1. The minimum absolute atomic E-state index is 0.179. The van der Waals surface area contributed by atoms with Crippen LogP contribution < -0.4 is 10.2 Å². The van der Waals surface area contributed by atoms with Crippen LogP contribution in [0.2, 0.25) is 0 Å². The van der Waals surface area contributed by atoms with E-state index in [1.54, 1.807) is 42.2 Å². The summed E-state index contributed by atoms with van der Waals surface area (Å²) in [5.74, 6) is -0.906. The fourth-order valence-electron chi connectivity index (χ4n) is 5.60. The summed E-state index contributed by atoms with van der Waals surface area (Å²) in [5, 5.41) is 12.4. The summed E-state index contributed by atoms with van der Waals surface area (Å²) in [5.41, 5.74) is 3.47. The monoisotopic (exact) mass is 512 g/mol. The first-order valence-electron chi connectivity index (χ1n) is 12.9. The second-order valence-electron chi connectivity index (χ2n) is 10.7. The molecule has 38 heavy (non-hydrogen) atoms. The van der Waals surface area contributed by atoms with Crippen LogP contribution in [0.4, 0.5) is 15.8 Å². The predicted octanol–water partition coefficient (Wildman–Crippen LogP) is 4.18. The van der Waals surface area contributed by atoms with Crippen LogP contribution >= 0.6 is 0 Å². The maximum absolute atomic E-state index is 14.5. The number of nitrogens with zero attached hydrogens (tertiary/aromatic N) is 7. The van der Waals surface area contributed by atoms with Crippen molar-refractivity contribution in [3.05, 3.63) is 60.1 Å². The Labute approximate surface area is 219 Å². The number of carbonyl (C=O) groups excluding carboxylic acids is 1. The lowest BCUT2D eigenvalue weighted by Gasteiger charge is -2.46. The molecule has 2 fully saturated rings. The highest BCUT2D eigenvalue weighted by Gasteiger charge is 2.47. The van der Waals surface area contributed by atoms with E-state index in [-0.39, 0.29) is 23.1 Å². The molecule has 0 spiro atoms. The van der Waals surface area contributed by atoms with E-state index in [0.29, 0.717) is 28.0 Å². The number of hydrogen-bond donors (Lipinski definition) is 1. The Morgan fingerprint density at radius 1 is 1.16 bits per heavy atom. The lowest BCUT2D eigenvalue weighted by atomic mass is 10.0. The first-order valence-corrected chi connectivity index (χ1v) is 12.9. The topological polar surface area (TPSA) is 102 Å². The van der Waals surface area contributed by atoms with Gasteiger partial charge in [0.05, 0.1) is 34.1 Å². The van der Waals surface area contributed by atoms with Gasteiger partial charge in [-0.1, -0.05) is 0 Å². The first kappa shape index (κ1) is 24.2. The summed E-state index contributed by atoms with van der Waals surface area (Å²) >= 11 is 0. The number of amides is 1. The first-order chi connectivity index (χ1) is 18.3. The fourth-order valence-corrected chi connectivity index (χ4v) is 5.60. The van der Waals surface area contributed by atoms with Gasteiger partial charge in [-0.3, -0.25) is 19.7 Å². The lowest BCUT2D eigenvalue weighted by Crippen LogP contribution is -2.58. The van der Waals surface area contributed by atoms with Crippen molar-refractivity contribution in [2.45, 2.75) is 45.7 Å². The second-order valence-corrected chi connectivity index (χ2v) is 10.7. The predicted molar refractivity (Wildman–Crippen MR) is 143 cm³/mol. The number of carbonyl (C=O) groups is 1.